The molecule has 0 aliphatic carbocycles. The molecule has 13 heavy (non-hydrogen) atoms. The molecule has 0 saturated carbocycles. The molecule has 2 unspecified atom stereocenters. The molecule has 1 N–H and O–H groups in total. The second kappa shape index (κ2) is 5.04. The van der Waals surface area contributed by atoms with Crippen LogP contribution >= 0.6 is 0 Å². The maximum absolute atomic E-state index is 5.50. The molecular formula is C10H17NO2. The van der Waals surface area contributed by atoms with Crippen molar-refractivity contribution in [3.8, 4) is 0 Å². The third-order valence-corrected chi connectivity index (χ3v) is 2.06. The minimum atomic E-state index is 0.126. The summed E-state index contributed by atoms with van der Waals surface area (Å²) in [7, 11) is 1.91. The van der Waals surface area contributed by atoms with Crippen LogP contribution in [0.4, 0.5) is 0 Å². The van der Waals surface area contributed by atoms with E-state index in [0.717, 1.165) is 12.4 Å². The van der Waals surface area contributed by atoms with Gasteiger partial charge >= 0.3 is 0 Å². The van der Waals surface area contributed by atoms with E-state index >= 15 is 0 Å². The fraction of sp³-hybridized carbons (Fsp3) is 0.600. The summed E-state index contributed by atoms with van der Waals surface area (Å²) >= 11 is 0. The van der Waals surface area contributed by atoms with Crippen LogP contribution in [0.1, 0.15) is 25.6 Å². The van der Waals surface area contributed by atoms with E-state index in [9.17, 15) is 0 Å². The van der Waals surface area contributed by atoms with Crippen molar-refractivity contribution in [1.82, 2.24) is 5.32 Å². The Morgan fingerprint density at radius 2 is 2.38 bits per heavy atom. The highest BCUT2D eigenvalue weighted by atomic mass is 16.5. The van der Waals surface area contributed by atoms with Gasteiger partial charge in [-0.05, 0) is 33.0 Å². The predicted molar refractivity (Wildman–Crippen MR) is 51.6 cm³/mol. The number of hydrogen-bond donors (Lipinski definition) is 1. The van der Waals surface area contributed by atoms with Crippen LogP contribution < -0.4 is 5.32 Å². The fourth-order valence-electron chi connectivity index (χ4n) is 1.44. The molecule has 0 fully saturated rings. The van der Waals surface area contributed by atoms with Crippen LogP contribution in [0.25, 0.3) is 0 Å². The smallest absolute Gasteiger partial charge is 0.123 e. The van der Waals surface area contributed by atoms with Gasteiger partial charge in [0.2, 0.25) is 0 Å². The molecule has 1 aromatic heterocycles. The van der Waals surface area contributed by atoms with Crippen LogP contribution in [-0.2, 0) is 4.74 Å². The van der Waals surface area contributed by atoms with Crippen LogP contribution in [-0.4, -0.2) is 19.8 Å². The summed E-state index contributed by atoms with van der Waals surface area (Å²) in [5, 5.41) is 3.17. The molecule has 0 amide bonds. The summed E-state index contributed by atoms with van der Waals surface area (Å²) in [5.74, 6) is 0.920. The number of nitrogens with one attached hydrogen (secondary N) is 1. The number of hydrogen-bond acceptors (Lipinski definition) is 3. The molecule has 1 heterocycles. The number of ether oxygens (including phenoxy) is 1. The molecule has 0 aliphatic rings. The lowest BCUT2D eigenvalue weighted by Crippen LogP contribution is -2.29. The van der Waals surface area contributed by atoms with Gasteiger partial charge in [-0.2, -0.15) is 0 Å². The van der Waals surface area contributed by atoms with E-state index in [1.165, 1.54) is 0 Å². The Morgan fingerprint density at radius 3 is 2.85 bits per heavy atom. The normalized spacial score (nSPS) is 15.6. The Kier molecular flexibility index (Phi) is 3.99. The zero-order valence-electron chi connectivity index (χ0n) is 8.41. The van der Waals surface area contributed by atoms with Crippen LogP contribution in [0.5, 0.6) is 0 Å². The lowest BCUT2D eigenvalue weighted by Gasteiger charge is -2.21. The Morgan fingerprint density at radius 1 is 1.62 bits per heavy atom. The summed E-state index contributed by atoms with van der Waals surface area (Å²) < 4.78 is 10.8. The summed E-state index contributed by atoms with van der Waals surface area (Å²) in [5.41, 5.74) is 0. The lowest BCUT2D eigenvalue weighted by molar-refractivity contribution is 0.0436. The number of likely N-dealkylation sites (N-methyl/N-ethyl adjacent to an activating group) is 1. The molecule has 3 nitrogen and oxygen atoms in total. The van der Waals surface area contributed by atoms with Crippen molar-refractivity contribution < 1.29 is 9.15 Å². The van der Waals surface area contributed by atoms with E-state index in [2.05, 4.69) is 5.32 Å². The summed E-state index contributed by atoms with van der Waals surface area (Å²) in [6.45, 7) is 4.75. The van der Waals surface area contributed by atoms with Crippen molar-refractivity contribution in [3.63, 3.8) is 0 Å². The minimum Gasteiger partial charge on any atom is -0.468 e. The topological polar surface area (TPSA) is 34.4 Å². The zero-order chi connectivity index (χ0) is 9.68. The van der Waals surface area contributed by atoms with Gasteiger partial charge in [0.15, 0.2) is 0 Å². The fourth-order valence-corrected chi connectivity index (χ4v) is 1.44. The molecule has 2 atom stereocenters. The van der Waals surface area contributed by atoms with Crippen LogP contribution in [0, 0.1) is 0 Å². The molecule has 0 radical (unpaired) electrons. The van der Waals surface area contributed by atoms with Crippen molar-refractivity contribution in [2.75, 3.05) is 13.7 Å². The van der Waals surface area contributed by atoms with E-state index in [1.807, 2.05) is 33.0 Å². The first-order valence-electron chi connectivity index (χ1n) is 4.61. The lowest BCUT2D eigenvalue weighted by atomic mass is 10.1. The summed E-state index contributed by atoms with van der Waals surface area (Å²) in [4.78, 5) is 0. The Hall–Kier alpha value is -0.800. The summed E-state index contributed by atoms with van der Waals surface area (Å²) in [6, 6.07) is 3.98. The van der Waals surface area contributed by atoms with Crippen molar-refractivity contribution in [2.45, 2.75) is 26.0 Å². The molecule has 1 rings (SSSR count). The van der Waals surface area contributed by atoms with Crippen molar-refractivity contribution >= 4 is 0 Å². The highest BCUT2D eigenvalue weighted by Crippen LogP contribution is 2.18. The average molecular weight is 183 g/mol. The molecule has 3 heteroatoms. The first-order valence-corrected chi connectivity index (χ1v) is 4.61. The summed E-state index contributed by atoms with van der Waals surface area (Å²) in [6.07, 6.45) is 1.80. The number of furan rings is 1. The van der Waals surface area contributed by atoms with Crippen LogP contribution in [0.15, 0.2) is 22.8 Å². The third kappa shape index (κ3) is 2.57. The Balaban J connectivity index is 2.62. The van der Waals surface area contributed by atoms with Gasteiger partial charge in [0.1, 0.15) is 5.76 Å². The first-order chi connectivity index (χ1) is 6.29. The van der Waals surface area contributed by atoms with E-state index in [1.54, 1.807) is 6.26 Å². The minimum absolute atomic E-state index is 0.126. The quantitative estimate of drug-likeness (QED) is 0.757. The predicted octanol–water partition coefficient (Wildman–Crippen LogP) is 1.97. The maximum Gasteiger partial charge on any atom is 0.123 e. The molecule has 0 aromatic carbocycles. The van der Waals surface area contributed by atoms with E-state index < -0.39 is 0 Å². The van der Waals surface area contributed by atoms with E-state index in [4.69, 9.17) is 9.15 Å². The maximum atomic E-state index is 5.50. The molecular weight excluding hydrogens is 166 g/mol. The largest absolute Gasteiger partial charge is 0.468 e. The third-order valence-electron chi connectivity index (χ3n) is 2.06. The molecule has 1 aromatic rings. The zero-order valence-corrected chi connectivity index (χ0v) is 8.41. The van der Waals surface area contributed by atoms with Gasteiger partial charge in [-0.15, -0.1) is 0 Å². The molecule has 74 valence electrons. The van der Waals surface area contributed by atoms with E-state index in [0.29, 0.717) is 0 Å². The van der Waals surface area contributed by atoms with Gasteiger partial charge in [-0.3, -0.25) is 0 Å². The average Bonchev–Trinajstić information content (AvgIpc) is 2.59. The van der Waals surface area contributed by atoms with Gasteiger partial charge in [0, 0.05) is 6.61 Å². The highest BCUT2D eigenvalue weighted by Gasteiger charge is 2.19. The number of rotatable bonds is 5. The van der Waals surface area contributed by atoms with Crippen molar-refractivity contribution in [1.29, 1.82) is 0 Å². The van der Waals surface area contributed by atoms with Crippen molar-refractivity contribution in [2.24, 2.45) is 0 Å². The molecule has 0 saturated heterocycles. The highest BCUT2D eigenvalue weighted by molar-refractivity contribution is 5.05. The van der Waals surface area contributed by atoms with Gasteiger partial charge in [0.25, 0.3) is 0 Å². The second-order valence-corrected chi connectivity index (χ2v) is 2.94. The standard InChI is InChI=1S/C10H17NO2/c1-4-12-8(2)10(11-3)9-6-5-7-13-9/h5-8,10-11H,4H2,1-3H3. The van der Waals surface area contributed by atoms with Gasteiger partial charge in [-0.25, -0.2) is 0 Å². The first kappa shape index (κ1) is 10.3. The van der Waals surface area contributed by atoms with Crippen molar-refractivity contribution in [3.05, 3.63) is 24.2 Å². The molecule has 0 aliphatic heterocycles. The van der Waals surface area contributed by atoms with Crippen LogP contribution in [0.3, 0.4) is 0 Å². The van der Waals surface area contributed by atoms with Gasteiger partial charge in [0.05, 0.1) is 18.4 Å². The molecule has 0 bridgehead atoms. The molecule has 0 spiro atoms. The van der Waals surface area contributed by atoms with Crippen LogP contribution in [0.2, 0.25) is 0 Å². The van der Waals surface area contributed by atoms with Gasteiger partial charge in [-0.1, -0.05) is 0 Å². The SMILES string of the molecule is CCOC(C)C(NC)c1ccco1. The van der Waals surface area contributed by atoms with E-state index in [-0.39, 0.29) is 12.1 Å². The van der Waals surface area contributed by atoms with Gasteiger partial charge < -0.3 is 14.5 Å². The second-order valence-electron chi connectivity index (χ2n) is 2.94. The Labute approximate surface area is 79.1 Å². The monoisotopic (exact) mass is 183 g/mol. The Bertz CT molecular complexity index is 221.